The standard InChI is InChI=1S/C10H22N4O2/c1-8(6-15-2)13-10(14-11)12-5-9-3-4-16-7-9/h8-9H,3-7,11H2,1-2H3,(H2,12,13,14). The number of hydrogen-bond acceptors (Lipinski definition) is 4. The Morgan fingerprint density at radius 2 is 2.50 bits per heavy atom. The summed E-state index contributed by atoms with van der Waals surface area (Å²) in [7, 11) is 1.67. The van der Waals surface area contributed by atoms with Crippen LogP contribution < -0.4 is 16.6 Å². The Balaban J connectivity index is 2.30. The van der Waals surface area contributed by atoms with Gasteiger partial charge in [-0.25, -0.2) is 5.84 Å². The van der Waals surface area contributed by atoms with Crippen LogP contribution in [0.3, 0.4) is 0 Å². The molecule has 0 radical (unpaired) electrons. The molecular formula is C10H22N4O2. The maximum atomic E-state index is 5.39. The summed E-state index contributed by atoms with van der Waals surface area (Å²) in [5.41, 5.74) is 2.56. The maximum absolute atomic E-state index is 5.39. The molecule has 1 saturated heterocycles. The molecule has 0 bridgehead atoms. The van der Waals surface area contributed by atoms with Crippen molar-refractivity contribution in [1.82, 2.24) is 10.7 Å². The van der Waals surface area contributed by atoms with E-state index in [-0.39, 0.29) is 6.04 Å². The first-order valence-electron chi connectivity index (χ1n) is 5.60. The molecule has 4 N–H and O–H groups in total. The third-order valence-electron chi connectivity index (χ3n) is 2.47. The van der Waals surface area contributed by atoms with E-state index in [0.29, 0.717) is 18.5 Å². The number of hydrogen-bond donors (Lipinski definition) is 3. The van der Waals surface area contributed by atoms with Crippen LogP contribution in [0.1, 0.15) is 13.3 Å². The minimum absolute atomic E-state index is 0.180. The van der Waals surface area contributed by atoms with Gasteiger partial charge < -0.3 is 14.8 Å². The van der Waals surface area contributed by atoms with Crippen molar-refractivity contribution in [1.29, 1.82) is 0 Å². The maximum Gasteiger partial charge on any atom is 0.206 e. The topological polar surface area (TPSA) is 80.9 Å². The lowest BCUT2D eigenvalue weighted by molar-refractivity contribution is 0.178. The average Bonchev–Trinajstić information content (AvgIpc) is 2.77. The van der Waals surface area contributed by atoms with E-state index in [1.165, 1.54) is 0 Å². The summed E-state index contributed by atoms with van der Waals surface area (Å²) in [6.07, 6.45) is 1.08. The van der Waals surface area contributed by atoms with Crippen LogP contribution in [0.4, 0.5) is 0 Å². The van der Waals surface area contributed by atoms with Gasteiger partial charge in [0, 0.05) is 32.2 Å². The number of aliphatic imine (C=N–C) groups is 1. The Morgan fingerprint density at radius 3 is 3.06 bits per heavy atom. The van der Waals surface area contributed by atoms with E-state index in [1.807, 2.05) is 6.92 Å². The van der Waals surface area contributed by atoms with Crippen molar-refractivity contribution in [3.05, 3.63) is 0 Å². The molecule has 0 amide bonds. The Hall–Kier alpha value is -0.850. The molecule has 0 aromatic rings. The molecule has 94 valence electrons. The molecule has 2 unspecified atom stereocenters. The lowest BCUT2D eigenvalue weighted by Crippen LogP contribution is -2.47. The molecule has 16 heavy (non-hydrogen) atoms. The Bertz CT molecular complexity index is 217. The molecule has 1 rings (SSSR count). The molecule has 1 heterocycles. The molecular weight excluding hydrogens is 208 g/mol. The van der Waals surface area contributed by atoms with Crippen LogP contribution in [-0.4, -0.2) is 45.5 Å². The van der Waals surface area contributed by atoms with Crippen LogP contribution >= 0.6 is 0 Å². The highest BCUT2D eigenvalue weighted by Gasteiger charge is 2.15. The van der Waals surface area contributed by atoms with E-state index in [9.17, 15) is 0 Å². The summed E-state index contributed by atoms with van der Waals surface area (Å²) in [6.45, 7) is 5.02. The summed E-state index contributed by atoms with van der Waals surface area (Å²) in [6, 6.07) is 0.180. The highest BCUT2D eigenvalue weighted by molar-refractivity contribution is 5.79. The zero-order valence-electron chi connectivity index (χ0n) is 10.0. The van der Waals surface area contributed by atoms with E-state index in [2.05, 4.69) is 15.7 Å². The van der Waals surface area contributed by atoms with Gasteiger partial charge in [0.25, 0.3) is 0 Å². The number of guanidine groups is 1. The van der Waals surface area contributed by atoms with Crippen molar-refractivity contribution >= 4 is 5.96 Å². The van der Waals surface area contributed by atoms with Gasteiger partial charge in [-0.2, -0.15) is 0 Å². The molecule has 0 aromatic carbocycles. The van der Waals surface area contributed by atoms with Gasteiger partial charge >= 0.3 is 0 Å². The summed E-state index contributed by atoms with van der Waals surface area (Å²) in [5.74, 6) is 6.51. The molecule has 0 aliphatic carbocycles. The Morgan fingerprint density at radius 1 is 1.69 bits per heavy atom. The van der Waals surface area contributed by atoms with Crippen LogP contribution in [-0.2, 0) is 9.47 Å². The average molecular weight is 230 g/mol. The molecule has 1 aliphatic heterocycles. The fourth-order valence-corrected chi connectivity index (χ4v) is 1.61. The fourth-order valence-electron chi connectivity index (χ4n) is 1.61. The van der Waals surface area contributed by atoms with Crippen molar-refractivity contribution in [2.24, 2.45) is 16.8 Å². The second-order valence-electron chi connectivity index (χ2n) is 4.06. The van der Waals surface area contributed by atoms with Crippen LogP contribution in [0, 0.1) is 5.92 Å². The minimum atomic E-state index is 0.180. The van der Waals surface area contributed by atoms with Gasteiger partial charge in [-0.1, -0.05) is 0 Å². The minimum Gasteiger partial charge on any atom is -0.383 e. The zero-order valence-corrected chi connectivity index (χ0v) is 10.0. The summed E-state index contributed by atoms with van der Waals surface area (Å²) < 4.78 is 10.3. The summed E-state index contributed by atoms with van der Waals surface area (Å²) in [5, 5.41) is 3.14. The van der Waals surface area contributed by atoms with Gasteiger partial charge in [0.05, 0.1) is 13.2 Å². The molecule has 0 aromatic heterocycles. The van der Waals surface area contributed by atoms with Crippen LogP contribution in [0.5, 0.6) is 0 Å². The van der Waals surface area contributed by atoms with Gasteiger partial charge in [0.15, 0.2) is 0 Å². The van der Waals surface area contributed by atoms with Gasteiger partial charge in [-0.3, -0.25) is 10.4 Å². The normalized spacial score (nSPS) is 23.2. The van der Waals surface area contributed by atoms with E-state index in [1.54, 1.807) is 7.11 Å². The second kappa shape index (κ2) is 7.43. The largest absolute Gasteiger partial charge is 0.383 e. The highest BCUT2D eigenvalue weighted by Crippen LogP contribution is 2.11. The summed E-state index contributed by atoms with van der Waals surface area (Å²) >= 11 is 0. The first-order chi connectivity index (χ1) is 7.76. The first kappa shape index (κ1) is 13.2. The fraction of sp³-hybridized carbons (Fsp3) is 0.900. The van der Waals surface area contributed by atoms with Gasteiger partial charge in [0.1, 0.15) is 0 Å². The Labute approximate surface area is 96.6 Å². The summed E-state index contributed by atoms with van der Waals surface area (Å²) in [4.78, 5) is 4.38. The number of methoxy groups -OCH3 is 1. The second-order valence-corrected chi connectivity index (χ2v) is 4.06. The van der Waals surface area contributed by atoms with E-state index >= 15 is 0 Å². The Kier molecular flexibility index (Phi) is 6.14. The van der Waals surface area contributed by atoms with Crippen LogP contribution in [0.25, 0.3) is 0 Å². The predicted octanol–water partition coefficient (Wildman–Crippen LogP) is -0.533. The van der Waals surface area contributed by atoms with Crippen LogP contribution in [0.15, 0.2) is 4.99 Å². The van der Waals surface area contributed by atoms with Gasteiger partial charge in [-0.05, 0) is 13.3 Å². The highest BCUT2D eigenvalue weighted by atomic mass is 16.5. The number of nitrogens with two attached hydrogens (primary N) is 1. The molecule has 0 saturated carbocycles. The van der Waals surface area contributed by atoms with Crippen molar-refractivity contribution in [2.45, 2.75) is 19.4 Å². The van der Waals surface area contributed by atoms with E-state index < -0.39 is 0 Å². The van der Waals surface area contributed by atoms with Crippen LogP contribution in [0.2, 0.25) is 0 Å². The number of nitrogens with zero attached hydrogens (tertiary/aromatic N) is 1. The third kappa shape index (κ3) is 4.78. The third-order valence-corrected chi connectivity index (χ3v) is 2.47. The van der Waals surface area contributed by atoms with Gasteiger partial charge in [-0.15, -0.1) is 0 Å². The zero-order chi connectivity index (χ0) is 11.8. The molecule has 2 atom stereocenters. The molecule has 6 heteroatoms. The van der Waals surface area contributed by atoms with Crippen molar-refractivity contribution in [2.75, 3.05) is 33.5 Å². The number of nitrogens with one attached hydrogen (secondary N) is 2. The first-order valence-corrected chi connectivity index (χ1v) is 5.60. The quantitative estimate of drug-likeness (QED) is 0.256. The lowest BCUT2D eigenvalue weighted by Gasteiger charge is -2.16. The van der Waals surface area contributed by atoms with Gasteiger partial charge in [0.2, 0.25) is 5.96 Å². The molecule has 6 nitrogen and oxygen atoms in total. The number of rotatable bonds is 5. The molecule has 0 spiro atoms. The van der Waals surface area contributed by atoms with Crippen molar-refractivity contribution in [3.8, 4) is 0 Å². The van der Waals surface area contributed by atoms with E-state index in [0.717, 1.165) is 26.2 Å². The number of ether oxygens (including phenoxy) is 2. The van der Waals surface area contributed by atoms with E-state index in [4.69, 9.17) is 15.3 Å². The van der Waals surface area contributed by atoms with Crippen molar-refractivity contribution < 1.29 is 9.47 Å². The number of hydrazine groups is 1. The lowest BCUT2D eigenvalue weighted by atomic mass is 10.1. The monoisotopic (exact) mass is 230 g/mol. The molecule has 1 fully saturated rings. The molecule has 1 aliphatic rings. The smallest absolute Gasteiger partial charge is 0.206 e. The van der Waals surface area contributed by atoms with Crippen molar-refractivity contribution in [3.63, 3.8) is 0 Å². The SMILES string of the molecule is COCC(C)NC(=NCC1CCOC1)NN. The predicted molar refractivity (Wildman–Crippen MR) is 63.0 cm³/mol.